The summed E-state index contributed by atoms with van der Waals surface area (Å²) in [5.41, 5.74) is -0.00770. The first-order valence-electron chi connectivity index (χ1n) is 7.38. The van der Waals surface area contributed by atoms with Crippen molar-refractivity contribution in [2.75, 3.05) is 13.1 Å². The molecule has 1 fully saturated rings. The summed E-state index contributed by atoms with van der Waals surface area (Å²) in [4.78, 5) is 25.1. The summed E-state index contributed by atoms with van der Waals surface area (Å²) in [6, 6.07) is 5.94. The van der Waals surface area contributed by atoms with Crippen LogP contribution < -0.4 is 5.32 Å². The summed E-state index contributed by atoms with van der Waals surface area (Å²) in [7, 11) is 0. The van der Waals surface area contributed by atoms with Crippen LogP contribution in [0.5, 0.6) is 0 Å². The minimum Gasteiger partial charge on any atom is -0.480 e. The van der Waals surface area contributed by atoms with Gasteiger partial charge in [-0.05, 0) is 32.4 Å². The number of nitrogens with zero attached hydrogens (tertiary/aromatic N) is 1. The average molecular weight is 341 g/mol. The number of likely N-dealkylation sites (tertiary alicyclic amines) is 1. The van der Waals surface area contributed by atoms with Gasteiger partial charge in [-0.3, -0.25) is 9.69 Å². The molecule has 0 aliphatic carbocycles. The molecule has 1 atom stereocenters. The Balaban J connectivity index is 1.95. The Morgan fingerprint density at radius 1 is 1.35 bits per heavy atom. The number of amides is 1. The number of carbonyl (C=O) groups is 2. The van der Waals surface area contributed by atoms with E-state index in [0.717, 1.165) is 0 Å². The SMILES string of the molecule is CC(C)(C)OC(=O)NC1CN(C(C(=O)O)c2ccccc2Cl)C1. The van der Waals surface area contributed by atoms with Crippen molar-refractivity contribution < 1.29 is 19.4 Å². The molecule has 0 spiro atoms. The fourth-order valence-corrected chi connectivity index (χ4v) is 2.71. The number of carboxylic acids is 1. The predicted octanol–water partition coefficient (Wildman–Crippen LogP) is 2.67. The minimum absolute atomic E-state index is 0.130. The molecule has 1 unspecified atom stereocenters. The Morgan fingerprint density at radius 2 is 1.96 bits per heavy atom. The number of benzene rings is 1. The third-order valence-electron chi connectivity index (χ3n) is 3.43. The van der Waals surface area contributed by atoms with E-state index < -0.39 is 23.7 Å². The Kier molecular flexibility index (Phi) is 5.16. The maximum absolute atomic E-state index is 11.7. The van der Waals surface area contributed by atoms with E-state index in [9.17, 15) is 14.7 Å². The molecule has 0 aromatic heterocycles. The van der Waals surface area contributed by atoms with Crippen LogP contribution in [0.3, 0.4) is 0 Å². The van der Waals surface area contributed by atoms with Gasteiger partial charge < -0.3 is 15.2 Å². The van der Waals surface area contributed by atoms with Crippen LogP contribution in [0.2, 0.25) is 5.02 Å². The number of alkyl carbamates (subject to hydrolysis) is 1. The molecule has 0 saturated carbocycles. The molecule has 6 nitrogen and oxygen atoms in total. The lowest BCUT2D eigenvalue weighted by molar-refractivity contribution is -0.145. The van der Waals surface area contributed by atoms with Gasteiger partial charge in [0.25, 0.3) is 0 Å². The zero-order valence-electron chi connectivity index (χ0n) is 13.4. The quantitative estimate of drug-likeness (QED) is 0.881. The first-order chi connectivity index (χ1) is 10.7. The van der Waals surface area contributed by atoms with E-state index in [4.69, 9.17) is 16.3 Å². The molecule has 0 radical (unpaired) electrons. The molecule has 1 aliphatic heterocycles. The summed E-state index contributed by atoms with van der Waals surface area (Å²) >= 11 is 6.10. The van der Waals surface area contributed by atoms with E-state index in [0.29, 0.717) is 23.7 Å². The van der Waals surface area contributed by atoms with E-state index in [-0.39, 0.29) is 6.04 Å². The van der Waals surface area contributed by atoms with Gasteiger partial charge in [0.15, 0.2) is 0 Å². The molecular formula is C16H21ClN2O4. The molecule has 0 bridgehead atoms. The number of hydrogen-bond donors (Lipinski definition) is 2. The molecule has 1 heterocycles. The highest BCUT2D eigenvalue weighted by Gasteiger charge is 2.39. The Bertz CT molecular complexity index is 594. The van der Waals surface area contributed by atoms with E-state index in [1.165, 1.54) is 0 Å². The van der Waals surface area contributed by atoms with Crippen LogP contribution in [0, 0.1) is 0 Å². The van der Waals surface area contributed by atoms with Crippen LogP contribution in [-0.2, 0) is 9.53 Å². The van der Waals surface area contributed by atoms with Gasteiger partial charge in [-0.25, -0.2) is 4.79 Å². The summed E-state index contributed by atoms with van der Waals surface area (Å²) in [6.45, 7) is 6.23. The molecule has 1 aromatic carbocycles. The average Bonchev–Trinajstić information content (AvgIpc) is 2.35. The number of halogens is 1. The van der Waals surface area contributed by atoms with E-state index in [2.05, 4.69) is 5.32 Å². The van der Waals surface area contributed by atoms with Gasteiger partial charge in [-0.1, -0.05) is 29.8 Å². The largest absolute Gasteiger partial charge is 0.480 e. The van der Waals surface area contributed by atoms with Gasteiger partial charge in [0.05, 0.1) is 6.04 Å². The highest BCUT2D eigenvalue weighted by atomic mass is 35.5. The van der Waals surface area contributed by atoms with Crippen molar-refractivity contribution in [2.45, 2.75) is 38.5 Å². The summed E-state index contributed by atoms with van der Waals surface area (Å²) in [6.07, 6.45) is -0.494. The normalized spacial score (nSPS) is 17.2. The van der Waals surface area contributed by atoms with Crippen LogP contribution in [0.1, 0.15) is 32.4 Å². The van der Waals surface area contributed by atoms with Crippen molar-refractivity contribution >= 4 is 23.7 Å². The van der Waals surface area contributed by atoms with Crippen LogP contribution in [0.25, 0.3) is 0 Å². The van der Waals surface area contributed by atoms with E-state index in [1.807, 2.05) is 0 Å². The molecule has 1 saturated heterocycles. The first kappa shape index (κ1) is 17.6. The highest BCUT2D eigenvalue weighted by Crippen LogP contribution is 2.31. The summed E-state index contributed by atoms with van der Waals surface area (Å²) < 4.78 is 5.19. The lowest BCUT2D eigenvalue weighted by Crippen LogP contribution is -2.61. The lowest BCUT2D eigenvalue weighted by Gasteiger charge is -2.43. The fraction of sp³-hybridized carbons (Fsp3) is 0.500. The fourth-order valence-electron chi connectivity index (χ4n) is 2.47. The van der Waals surface area contributed by atoms with Gasteiger partial charge in [-0.2, -0.15) is 0 Å². The van der Waals surface area contributed by atoms with Crippen LogP contribution >= 0.6 is 11.6 Å². The lowest BCUT2D eigenvalue weighted by atomic mass is 9.99. The van der Waals surface area contributed by atoms with Gasteiger partial charge in [0.1, 0.15) is 11.6 Å². The number of hydrogen-bond acceptors (Lipinski definition) is 4. The highest BCUT2D eigenvalue weighted by molar-refractivity contribution is 6.31. The maximum atomic E-state index is 11.7. The predicted molar refractivity (Wildman–Crippen MR) is 86.6 cm³/mol. The van der Waals surface area contributed by atoms with Crippen molar-refractivity contribution in [3.05, 3.63) is 34.9 Å². The third-order valence-corrected chi connectivity index (χ3v) is 3.77. The Hall–Kier alpha value is -1.79. The Morgan fingerprint density at radius 3 is 2.48 bits per heavy atom. The van der Waals surface area contributed by atoms with Crippen molar-refractivity contribution in [1.82, 2.24) is 10.2 Å². The van der Waals surface area contributed by atoms with Crippen LogP contribution in [0.4, 0.5) is 4.79 Å². The van der Waals surface area contributed by atoms with Gasteiger partial charge >= 0.3 is 12.1 Å². The summed E-state index contributed by atoms with van der Waals surface area (Å²) in [5.74, 6) is -0.964. The second kappa shape index (κ2) is 6.76. The van der Waals surface area contributed by atoms with Crippen molar-refractivity contribution in [1.29, 1.82) is 0 Å². The zero-order valence-corrected chi connectivity index (χ0v) is 14.1. The number of nitrogens with one attached hydrogen (secondary N) is 1. The van der Waals surface area contributed by atoms with Crippen LogP contribution in [0.15, 0.2) is 24.3 Å². The molecule has 2 N–H and O–H groups in total. The molecule has 7 heteroatoms. The minimum atomic E-state index is -0.964. The van der Waals surface area contributed by atoms with Crippen molar-refractivity contribution in [3.63, 3.8) is 0 Å². The molecule has 126 valence electrons. The number of ether oxygens (including phenoxy) is 1. The molecular weight excluding hydrogens is 320 g/mol. The molecule has 2 rings (SSSR count). The second-order valence-corrected chi connectivity index (χ2v) is 6.97. The number of rotatable bonds is 4. The Labute approximate surface area is 140 Å². The molecule has 1 aromatic rings. The number of aliphatic carboxylic acids is 1. The maximum Gasteiger partial charge on any atom is 0.407 e. The first-order valence-corrected chi connectivity index (χ1v) is 7.76. The third kappa shape index (κ3) is 4.59. The monoisotopic (exact) mass is 340 g/mol. The van der Waals surface area contributed by atoms with Crippen LogP contribution in [-0.4, -0.2) is 46.8 Å². The number of carbonyl (C=O) groups excluding carboxylic acids is 1. The topological polar surface area (TPSA) is 78.9 Å². The van der Waals surface area contributed by atoms with Crippen molar-refractivity contribution in [3.8, 4) is 0 Å². The van der Waals surface area contributed by atoms with Gasteiger partial charge in [-0.15, -0.1) is 0 Å². The molecule has 23 heavy (non-hydrogen) atoms. The van der Waals surface area contributed by atoms with Gasteiger partial charge in [0.2, 0.25) is 0 Å². The zero-order chi connectivity index (χ0) is 17.2. The second-order valence-electron chi connectivity index (χ2n) is 6.56. The van der Waals surface area contributed by atoms with Gasteiger partial charge in [0, 0.05) is 18.1 Å². The van der Waals surface area contributed by atoms with E-state index in [1.54, 1.807) is 49.9 Å². The number of carboxylic acid groups (broad SMARTS) is 1. The van der Waals surface area contributed by atoms with E-state index >= 15 is 0 Å². The molecule has 1 aliphatic rings. The smallest absolute Gasteiger partial charge is 0.407 e. The summed E-state index contributed by atoms with van der Waals surface area (Å²) in [5, 5.41) is 12.6. The standard InChI is InChI=1S/C16H21ClN2O4/c1-16(2,3)23-15(22)18-10-8-19(9-10)13(14(20)21)11-6-4-5-7-12(11)17/h4-7,10,13H,8-9H2,1-3H3,(H,18,22)(H,20,21). The molecule has 1 amide bonds. The van der Waals surface area contributed by atoms with Crippen molar-refractivity contribution in [2.24, 2.45) is 0 Å².